The summed E-state index contributed by atoms with van der Waals surface area (Å²) in [5.41, 5.74) is 20.8. The van der Waals surface area contributed by atoms with Crippen LogP contribution in [0, 0.1) is 0 Å². The Labute approximate surface area is 790 Å². The molecule has 18 heteroatoms. The fraction of sp³-hybridized carbons (Fsp3) is 0.0508. The van der Waals surface area contributed by atoms with E-state index >= 15 is 0 Å². The van der Waals surface area contributed by atoms with Gasteiger partial charge in [0.1, 0.15) is 51.0 Å². The first-order valence-corrected chi connectivity index (χ1v) is 48.1. The number of aromatic nitrogens is 4. The standard InChI is InChI=1S/C118H70N4O10S4/c1-4-128-117(125)85-23-7-6-18-73(85)69-43-50-77-78-51-44-70(58-93(78)104-103(92(77)57-69)121-107-108(122-104)114(87-27-17-25-84-80-20-9-13-29-96(80)132-110(84)87)136-113(107)86-26-16-24-83-79-19-8-12-28-95(79)131-109(83)86)74-47-32-62(54-94(74)118(126)129-5-2)61-130-116(124)66-39-35-64(36-40-66)68-42-49-76-75-48-41-67(63-33-37-65(38-34-63)115(123)127-3)55-90(75)101-102(91(76)56-68)120-106-105(119-101)111(71-45-52-99-88(59-71)81-21-10-14-30-97(81)133-99)135-112(106)72-46-53-100-89(60-72)82-22-11-15-31-98(82)134-100/h6-60H,4-5,61H2,1-3H3. The van der Waals surface area contributed by atoms with Crippen molar-refractivity contribution in [3.63, 3.8) is 0 Å². The second-order valence-corrected chi connectivity index (χ2v) is 38.3. The molecule has 0 unspecified atom stereocenters. The summed E-state index contributed by atoms with van der Waals surface area (Å²) in [4.78, 5) is 83.0. The molecular weight excluding hydrogens is 1760 g/mol. The number of thiophene rings is 4. The Kier molecular flexibility index (Phi) is 18.9. The molecule has 0 fully saturated rings. The third kappa shape index (κ3) is 13.0. The van der Waals surface area contributed by atoms with Crippen LogP contribution in [-0.2, 0) is 25.6 Å². The number of para-hydroxylation sites is 4. The number of carbonyl (C=O) groups is 4. The van der Waals surface area contributed by atoms with Crippen molar-refractivity contribution < 1.29 is 47.0 Å². The van der Waals surface area contributed by atoms with Gasteiger partial charge in [-0.3, -0.25) is 0 Å². The maximum absolute atomic E-state index is 14.7. The summed E-state index contributed by atoms with van der Waals surface area (Å²) in [6, 6.07) is 113. The molecule has 0 aliphatic rings. The second-order valence-electron chi connectivity index (χ2n) is 34.1. The van der Waals surface area contributed by atoms with Crippen LogP contribution in [0.5, 0.6) is 0 Å². The first-order chi connectivity index (χ1) is 66.9. The molecule has 646 valence electrons. The minimum atomic E-state index is -0.552. The molecule has 0 saturated carbocycles. The first kappa shape index (κ1) is 80.4. The molecule has 8 aromatic heterocycles. The van der Waals surface area contributed by atoms with Crippen LogP contribution in [0.4, 0.5) is 0 Å². The van der Waals surface area contributed by atoms with E-state index in [1.807, 2.05) is 103 Å². The molecule has 0 aliphatic heterocycles. The first-order valence-electron chi connectivity index (χ1n) is 44.8. The van der Waals surface area contributed by atoms with Crippen molar-refractivity contribution in [1.29, 1.82) is 0 Å². The van der Waals surface area contributed by atoms with Crippen molar-refractivity contribution in [3.05, 3.63) is 361 Å². The molecule has 14 nitrogen and oxygen atoms in total. The summed E-state index contributed by atoms with van der Waals surface area (Å²) in [5.74, 6) is -1.93. The van der Waals surface area contributed by atoms with Gasteiger partial charge in [0, 0.05) is 94.6 Å². The van der Waals surface area contributed by atoms with E-state index in [0.717, 1.165) is 179 Å². The molecule has 0 bridgehead atoms. The molecule has 0 atom stereocenters. The number of esters is 4. The van der Waals surface area contributed by atoms with Crippen molar-refractivity contribution in [2.24, 2.45) is 0 Å². The molecule has 0 saturated heterocycles. The van der Waals surface area contributed by atoms with Gasteiger partial charge in [0.25, 0.3) is 0 Å². The third-order valence-electron chi connectivity index (χ3n) is 26.4. The highest BCUT2D eigenvalue weighted by atomic mass is 32.1. The minimum absolute atomic E-state index is 0.107. The zero-order valence-corrected chi connectivity index (χ0v) is 76.1. The van der Waals surface area contributed by atoms with Gasteiger partial charge in [0.05, 0.1) is 84.2 Å². The van der Waals surface area contributed by atoms with E-state index in [9.17, 15) is 19.2 Å². The van der Waals surface area contributed by atoms with E-state index in [4.69, 9.17) is 47.7 Å². The number of furan rings is 2. The van der Waals surface area contributed by atoms with Crippen LogP contribution in [0.3, 0.4) is 0 Å². The van der Waals surface area contributed by atoms with Gasteiger partial charge in [-0.1, -0.05) is 212 Å². The van der Waals surface area contributed by atoms with Crippen LogP contribution in [0.1, 0.15) is 60.8 Å². The lowest BCUT2D eigenvalue weighted by molar-refractivity contribution is 0.0470. The number of ether oxygens (including phenoxy) is 4. The van der Waals surface area contributed by atoms with Crippen LogP contribution in [0.2, 0.25) is 0 Å². The smallest absolute Gasteiger partial charge is 0.338 e. The molecule has 0 radical (unpaired) electrons. The summed E-state index contributed by atoms with van der Waals surface area (Å²) in [7, 11) is 1.39. The molecule has 0 aliphatic carbocycles. The maximum atomic E-state index is 14.7. The summed E-state index contributed by atoms with van der Waals surface area (Å²) in [6.45, 7) is 3.74. The average Bonchev–Trinajstić information content (AvgIpc) is 1.45. The normalized spacial score (nSPS) is 12.0. The largest absolute Gasteiger partial charge is 0.465 e. The molecular formula is C118H70N4O10S4. The Hall–Kier alpha value is -16.5. The van der Waals surface area contributed by atoms with Crippen LogP contribution >= 0.6 is 45.3 Å². The number of methoxy groups -OCH3 is 1. The Morgan fingerprint density at radius 2 is 0.625 bits per heavy atom. The molecule has 136 heavy (non-hydrogen) atoms. The van der Waals surface area contributed by atoms with E-state index in [1.165, 1.54) is 47.5 Å². The van der Waals surface area contributed by atoms with E-state index in [1.54, 1.807) is 95.6 Å². The highest BCUT2D eigenvalue weighted by Gasteiger charge is 2.30. The monoisotopic (exact) mass is 1830 g/mol. The van der Waals surface area contributed by atoms with E-state index in [0.29, 0.717) is 61.0 Å². The lowest BCUT2D eigenvalue weighted by Gasteiger charge is -2.16. The van der Waals surface area contributed by atoms with Crippen molar-refractivity contribution in [1.82, 2.24) is 19.9 Å². The van der Waals surface area contributed by atoms with E-state index < -0.39 is 23.9 Å². The Morgan fingerprint density at radius 3 is 1.11 bits per heavy atom. The summed E-state index contributed by atoms with van der Waals surface area (Å²) < 4.78 is 41.4. The van der Waals surface area contributed by atoms with Gasteiger partial charge in [-0.2, -0.15) is 0 Å². The zero-order chi connectivity index (χ0) is 90.8. The molecule has 18 aromatic carbocycles. The summed E-state index contributed by atoms with van der Waals surface area (Å²) in [6.07, 6.45) is 0. The van der Waals surface area contributed by atoms with Crippen molar-refractivity contribution in [2.75, 3.05) is 20.3 Å². The lowest BCUT2D eigenvalue weighted by Crippen LogP contribution is -2.09. The molecule has 0 N–H and O–H groups in total. The molecule has 26 aromatic rings. The van der Waals surface area contributed by atoms with Gasteiger partial charge in [-0.05, 0) is 218 Å². The lowest BCUT2D eigenvalue weighted by atomic mass is 9.91. The topological polar surface area (TPSA) is 183 Å². The SMILES string of the molecule is CCOC(=O)c1ccccc1-c1ccc2c3ccc(-c4ccc(COC(=O)c5ccc(-c6ccc7c8ccc(-c9ccc(C(=O)OC)cc9)cc8c8nc9c(-c%10ccc%11sc%12ccccc%12c%11c%10)sc(-c%10ccc%11sc%12ccccc%12c%11c%10)c9nc8c7c6)cc5)cc4C(=O)OCC)cc3c3nc4c(-c5cccc6c5oc5ccccc56)sc(-c5cccc6c5oc5ccccc56)c4nc3c2c1. The summed E-state index contributed by atoms with van der Waals surface area (Å²) in [5, 5.41) is 15.9. The number of fused-ring (bicyclic) bond motifs is 26. The Balaban J connectivity index is 0.575. The second kappa shape index (κ2) is 31.9. The maximum Gasteiger partial charge on any atom is 0.338 e. The van der Waals surface area contributed by atoms with Crippen molar-refractivity contribution >= 4 is 241 Å². The van der Waals surface area contributed by atoms with E-state index in [-0.39, 0.29) is 25.4 Å². The van der Waals surface area contributed by atoms with Crippen LogP contribution in [0.15, 0.2) is 342 Å². The predicted octanol–water partition coefficient (Wildman–Crippen LogP) is 32.0. The number of hydrogen-bond acceptors (Lipinski definition) is 18. The van der Waals surface area contributed by atoms with Crippen LogP contribution < -0.4 is 0 Å². The minimum Gasteiger partial charge on any atom is -0.465 e. The number of nitrogens with zero attached hydrogens (tertiary/aromatic N) is 4. The van der Waals surface area contributed by atoms with Gasteiger partial charge in [-0.15, -0.1) is 45.3 Å². The van der Waals surface area contributed by atoms with Gasteiger partial charge < -0.3 is 27.8 Å². The van der Waals surface area contributed by atoms with Crippen molar-refractivity contribution in [2.45, 2.75) is 20.5 Å². The quantitative estimate of drug-likeness (QED) is 0.0506. The number of hydrogen-bond donors (Lipinski definition) is 0. The van der Waals surface area contributed by atoms with Gasteiger partial charge >= 0.3 is 23.9 Å². The van der Waals surface area contributed by atoms with Crippen molar-refractivity contribution in [3.8, 4) is 86.3 Å². The number of carbonyl (C=O) groups excluding carboxylic acids is 4. The van der Waals surface area contributed by atoms with Gasteiger partial charge in [0.15, 0.2) is 0 Å². The Morgan fingerprint density at radius 1 is 0.257 bits per heavy atom. The molecule has 0 spiro atoms. The zero-order valence-electron chi connectivity index (χ0n) is 72.9. The molecule has 0 amide bonds. The molecule has 26 rings (SSSR count). The predicted molar refractivity (Wildman–Crippen MR) is 556 cm³/mol. The number of benzene rings is 18. The fourth-order valence-electron chi connectivity index (χ4n) is 20.0. The van der Waals surface area contributed by atoms with Gasteiger partial charge in [-0.25, -0.2) is 39.1 Å². The highest BCUT2D eigenvalue weighted by molar-refractivity contribution is 7.26. The Bertz CT molecular complexity index is 9700. The highest BCUT2D eigenvalue weighted by Crippen LogP contribution is 2.54. The van der Waals surface area contributed by atoms with Crippen LogP contribution in [-0.4, -0.2) is 64.1 Å². The van der Waals surface area contributed by atoms with E-state index in [2.05, 4.69) is 194 Å². The average molecular weight is 1830 g/mol. The van der Waals surface area contributed by atoms with Crippen LogP contribution in [0.25, 0.3) is 258 Å². The fourth-order valence-corrected chi connectivity index (χ4v) is 24.5. The third-order valence-corrected chi connectivity index (χ3v) is 31.2. The summed E-state index contributed by atoms with van der Waals surface area (Å²) >= 11 is 6.90. The molecule has 8 heterocycles. The number of rotatable bonds is 16. The van der Waals surface area contributed by atoms with Gasteiger partial charge in [0.2, 0.25) is 0 Å².